The third kappa shape index (κ3) is 3.70. The van der Waals surface area contributed by atoms with Crippen LogP contribution in [0.2, 0.25) is 0 Å². The Morgan fingerprint density at radius 1 is 1.04 bits per heavy atom. The van der Waals surface area contributed by atoms with E-state index in [1.54, 1.807) is 17.5 Å². The van der Waals surface area contributed by atoms with Crippen molar-refractivity contribution in [1.29, 1.82) is 0 Å². The standard InChI is InChI=1S/C20H15N3O2S/c24-18(12-17-13-25-19(23-17)14-4-2-1-3-5-14)22-16-8-6-15(7-9-16)20-21-10-11-26-20/h1-11,13H,12H2,(H,22,24). The first-order chi connectivity index (χ1) is 12.8. The zero-order valence-corrected chi connectivity index (χ0v) is 14.6. The summed E-state index contributed by atoms with van der Waals surface area (Å²) >= 11 is 1.58. The summed E-state index contributed by atoms with van der Waals surface area (Å²) in [5.74, 6) is 0.376. The highest BCUT2D eigenvalue weighted by atomic mass is 32.1. The van der Waals surface area contributed by atoms with Gasteiger partial charge in [-0.05, 0) is 36.4 Å². The minimum absolute atomic E-state index is 0.139. The van der Waals surface area contributed by atoms with E-state index >= 15 is 0 Å². The highest BCUT2D eigenvalue weighted by molar-refractivity contribution is 7.13. The number of rotatable bonds is 5. The van der Waals surface area contributed by atoms with Crippen molar-refractivity contribution in [2.24, 2.45) is 0 Å². The lowest BCUT2D eigenvalue weighted by Crippen LogP contribution is -2.14. The Bertz CT molecular complexity index is 993. The summed E-state index contributed by atoms with van der Waals surface area (Å²) in [5.41, 5.74) is 3.25. The average Bonchev–Trinajstić information content (AvgIpc) is 3.35. The van der Waals surface area contributed by atoms with Crippen LogP contribution in [-0.4, -0.2) is 15.9 Å². The zero-order chi connectivity index (χ0) is 17.8. The van der Waals surface area contributed by atoms with Gasteiger partial charge in [0.25, 0.3) is 0 Å². The SMILES string of the molecule is O=C(Cc1coc(-c2ccccc2)n1)Nc1ccc(-c2nccs2)cc1. The number of nitrogens with one attached hydrogen (secondary N) is 1. The van der Waals surface area contributed by atoms with E-state index in [-0.39, 0.29) is 12.3 Å². The molecule has 26 heavy (non-hydrogen) atoms. The minimum atomic E-state index is -0.139. The number of thiazole rings is 1. The predicted octanol–water partition coefficient (Wildman–Crippen LogP) is 4.65. The van der Waals surface area contributed by atoms with Crippen LogP contribution in [0.3, 0.4) is 0 Å². The number of hydrogen-bond donors (Lipinski definition) is 1. The van der Waals surface area contributed by atoms with E-state index in [2.05, 4.69) is 15.3 Å². The minimum Gasteiger partial charge on any atom is -0.444 e. The molecule has 0 aliphatic rings. The normalized spacial score (nSPS) is 10.6. The van der Waals surface area contributed by atoms with Crippen molar-refractivity contribution in [3.8, 4) is 22.0 Å². The van der Waals surface area contributed by atoms with E-state index in [9.17, 15) is 4.79 Å². The summed E-state index contributed by atoms with van der Waals surface area (Å²) in [5, 5.41) is 5.77. The fourth-order valence-corrected chi connectivity index (χ4v) is 3.18. The molecule has 0 aliphatic heterocycles. The van der Waals surface area contributed by atoms with E-state index in [0.29, 0.717) is 11.6 Å². The van der Waals surface area contributed by atoms with Crippen LogP contribution in [0.25, 0.3) is 22.0 Å². The summed E-state index contributed by atoms with van der Waals surface area (Å²) in [4.78, 5) is 20.9. The number of amides is 1. The highest BCUT2D eigenvalue weighted by Crippen LogP contribution is 2.23. The maximum Gasteiger partial charge on any atom is 0.230 e. The molecule has 0 spiro atoms. The molecule has 0 saturated heterocycles. The van der Waals surface area contributed by atoms with Crippen LogP contribution in [-0.2, 0) is 11.2 Å². The molecule has 2 aromatic heterocycles. The van der Waals surface area contributed by atoms with Crippen molar-refractivity contribution in [3.05, 3.63) is 78.1 Å². The van der Waals surface area contributed by atoms with Crippen molar-refractivity contribution in [2.75, 3.05) is 5.32 Å². The van der Waals surface area contributed by atoms with Crippen molar-refractivity contribution in [3.63, 3.8) is 0 Å². The molecule has 6 heteroatoms. The molecule has 0 bridgehead atoms. The molecule has 4 rings (SSSR count). The molecule has 1 amide bonds. The molecule has 0 saturated carbocycles. The fourth-order valence-electron chi connectivity index (χ4n) is 2.53. The van der Waals surface area contributed by atoms with E-state index in [4.69, 9.17) is 4.42 Å². The second-order valence-corrected chi connectivity index (χ2v) is 6.54. The lowest BCUT2D eigenvalue weighted by molar-refractivity contribution is -0.115. The van der Waals surface area contributed by atoms with Crippen LogP contribution in [0.4, 0.5) is 5.69 Å². The van der Waals surface area contributed by atoms with Crippen LogP contribution in [0.5, 0.6) is 0 Å². The van der Waals surface area contributed by atoms with Crippen LogP contribution in [0.1, 0.15) is 5.69 Å². The Morgan fingerprint density at radius 2 is 1.85 bits per heavy atom. The molecule has 0 radical (unpaired) electrons. The van der Waals surface area contributed by atoms with Gasteiger partial charge >= 0.3 is 0 Å². The van der Waals surface area contributed by atoms with E-state index < -0.39 is 0 Å². The molecule has 0 fully saturated rings. The summed E-state index contributed by atoms with van der Waals surface area (Å²) in [6.45, 7) is 0. The number of hydrogen-bond acceptors (Lipinski definition) is 5. The van der Waals surface area contributed by atoms with Crippen molar-refractivity contribution in [1.82, 2.24) is 9.97 Å². The van der Waals surface area contributed by atoms with Crippen molar-refractivity contribution >= 4 is 22.9 Å². The van der Waals surface area contributed by atoms with Gasteiger partial charge in [0.15, 0.2) is 0 Å². The van der Waals surface area contributed by atoms with E-state index in [1.807, 2.05) is 60.0 Å². The first-order valence-electron chi connectivity index (χ1n) is 8.07. The third-order valence-electron chi connectivity index (χ3n) is 3.76. The maximum absolute atomic E-state index is 12.2. The van der Waals surface area contributed by atoms with Gasteiger partial charge in [0.2, 0.25) is 11.8 Å². The zero-order valence-electron chi connectivity index (χ0n) is 13.8. The molecule has 2 aromatic carbocycles. The van der Waals surface area contributed by atoms with E-state index in [0.717, 1.165) is 21.8 Å². The quantitative estimate of drug-likeness (QED) is 0.562. The molecule has 2 heterocycles. The number of carbonyl (C=O) groups excluding carboxylic acids is 1. The first-order valence-corrected chi connectivity index (χ1v) is 8.95. The number of anilines is 1. The smallest absolute Gasteiger partial charge is 0.230 e. The van der Waals surface area contributed by atoms with E-state index in [1.165, 1.54) is 6.26 Å². The van der Waals surface area contributed by atoms with Crippen molar-refractivity contribution in [2.45, 2.75) is 6.42 Å². The third-order valence-corrected chi connectivity index (χ3v) is 4.58. The van der Waals surface area contributed by atoms with Gasteiger partial charge in [0, 0.05) is 28.4 Å². The lowest BCUT2D eigenvalue weighted by atomic mass is 10.2. The Balaban J connectivity index is 1.39. The molecular weight excluding hydrogens is 346 g/mol. The number of oxazole rings is 1. The number of nitrogens with zero attached hydrogens (tertiary/aromatic N) is 2. The first kappa shape index (κ1) is 16.2. The Hall–Kier alpha value is -3.25. The fraction of sp³-hybridized carbons (Fsp3) is 0.0500. The monoisotopic (exact) mass is 361 g/mol. The van der Waals surface area contributed by atoms with Gasteiger partial charge in [0.1, 0.15) is 11.3 Å². The van der Waals surface area contributed by atoms with Gasteiger partial charge < -0.3 is 9.73 Å². The van der Waals surface area contributed by atoms with Gasteiger partial charge in [-0.15, -0.1) is 11.3 Å². The van der Waals surface area contributed by atoms with Gasteiger partial charge in [-0.1, -0.05) is 18.2 Å². The molecule has 128 valence electrons. The number of carbonyl (C=O) groups is 1. The molecule has 1 N–H and O–H groups in total. The van der Waals surface area contributed by atoms with Crippen LogP contribution < -0.4 is 5.32 Å². The Kier molecular flexibility index (Phi) is 4.57. The predicted molar refractivity (Wildman–Crippen MR) is 102 cm³/mol. The highest BCUT2D eigenvalue weighted by Gasteiger charge is 2.11. The second kappa shape index (κ2) is 7.33. The van der Waals surface area contributed by atoms with Gasteiger partial charge in [-0.3, -0.25) is 4.79 Å². The summed E-state index contributed by atoms with van der Waals surface area (Å²) in [7, 11) is 0. The van der Waals surface area contributed by atoms with Crippen LogP contribution in [0, 0.1) is 0 Å². The van der Waals surface area contributed by atoms with Gasteiger partial charge in [-0.2, -0.15) is 0 Å². The molecule has 4 aromatic rings. The number of benzene rings is 2. The molecule has 0 aliphatic carbocycles. The number of aromatic nitrogens is 2. The van der Waals surface area contributed by atoms with Gasteiger partial charge in [-0.25, -0.2) is 9.97 Å². The summed E-state index contributed by atoms with van der Waals surface area (Å²) in [6, 6.07) is 17.2. The Morgan fingerprint density at radius 3 is 2.58 bits per heavy atom. The molecule has 5 nitrogen and oxygen atoms in total. The molecular formula is C20H15N3O2S. The van der Waals surface area contributed by atoms with Gasteiger partial charge in [0.05, 0.1) is 12.1 Å². The summed E-state index contributed by atoms with van der Waals surface area (Å²) < 4.78 is 5.46. The summed E-state index contributed by atoms with van der Waals surface area (Å²) in [6.07, 6.45) is 3.45. The topological polar surface area (TPSA) is 68.0 Å². The Labute approximate surface area is 154 Å². The van der Waals surface area contributed by atoms with Crippen LogP contribution >= 0.6 is 11.3 Å². The van der Waals surface area contributed by atoms with Crippen LogP contribution in [0.15, 0.2) is 76.9 Å². The maximum atomic E-state index is 12.2. The molecule has 0 unspecified atom stereocenters. The van der Waals surface area contributed by atoms with Crippen molar-refractivity contribution < 1.29 is 9.21 Å². The average molecular weight is 361 g/mol. The second-order valence-electron chi connectivity index (χ2n) is 5.65. The largest absolute Gasteiger partial charge is 0.444 e. The molecule has 0 atom stereocenters. The lowest BCUT2D eigenvalue weighted by Gasteiger charge is -2.04.